The maximum Gasteiger partial charge on any atom is 0.256 e. The van der Waals surface area contributed by atoms with Crippen LogP contribution in [0.1, 0.15) is 11.1 Å². The maximum atomic E-state index is 11.7. The first-order valence-corrected chi connectivity index (χ1v) is 4.99. The monoisotopic (exact) mass is 211 g/mol. The van der Waals surface area contributed by atoms with Gasteiger partial charge in [-0.15, -0.1) is 0 Å². The number of amides is 1. The van der Waals surface area contributed by atoms with Crippen molar-refractivity contribution in [3.63, 3.8) is 0 Å². The Labute approximate surface area is 92.4 Å². The molecule has 0 unspecified atom stereocenters. The fourth-order valence-electron chi connectivity index (χ4n) is 1.81. The van der Waals surface area contributed by atoms with Crippen molar-refractivity contribution in [1.29, 1.82) is 0 Å². The van der Waals surface area contributed by atoms with Gasteiger partial charge in [0.1, 0.15) is 0 Å². The largest absolute Gasteiger partial charge is 0.472 e. The molecule has 1 aliphatic rings. The number of carbonyl (C=O) groups excluding carboxylic acids is 1. The molecule has 1 amide bonds. The number of carbonyl (C=O) groups is 1. The molecule has 0 fully saturated rings. The molecule has 1 aromatic carbocycles. The third kappa shape index (κ3) is 1.34. The van der Waals surface area contributed by atoms with E-state index in [9.17, 15) is 4.79 Å². The molecular weight excluding hydrogens is 202 g/mol. The molecule has 0 saturated heterocycles. The molecule has 0 radical (unpaired) electrons. The van der Waals surface area contributed by atoms with Crippen molar-refractivity contribution in [1.82, 2.24) is 0 Å². The summed E-state index contributed by atoms with van der Waals surface area (Å²) >= 11 is 0. The standard InChI is InChI=1S/C13H9NO2/c15-13-11(7-9-5-6-16-8-9)10-3-1-2-4-12(10)14-13/h1-8H,(H,14,15). The van der Waals surface area contributed by atoms with Crippen molar-refractivity contribution >= 4 is 23.2 Å². The molecule has 3 heteroatoms. The SMILES string of the molecule is O=C1Nc2ccccc2C1=Cc1ccoc1. The van der Waals surface area contributed by atoms with Gasteiger partial charge < -0.3 is 9.73 Å². The predicted molar refractivity (Wildman–Crippen MR) is 61.7 cm³/mol. The average Bonchev–Trinajstić information content (AvgIpc) is 2.89. The minimum Gasteiger partial charge on any atom is -0.472 e. The van der Waals surface area contributed by atoms with Crippen LogP contribution in [0.4, 0.5) is 5.69 Å². The van der Waals surface area contributed by atoms with Gasteiger partial charge in [-0.25, -0.2) is 0 Å². The van der Waals surface area contributed by atoms with E-state index in [1.54, 1.807) is 12.5 Å². The van der Waals surface area contributed by atoms with E-state index in [-0.39, 0.29) is 5.91 Å². The molecule has 1 aliphatic heterocycles. The summed E-state index contributed by atoms with van der Waals surface area (Å²) in [5.41, 5.74) is 3.37. The smallest absolute Gasteiger partial charge is 0.256 e. The van der Waals surface area contributed by atoms with Crippen molar-refractivity contribution in [3.8, 4) is 0 Å². The number of para-hydroxylation sites is 1. The number of furan rings is 1. The summed E-state index contributed by atoms with van der Waals surface area (Å²) in [5, 5.41) is 2.82. The number of anilines is 1. The number of hydrogen-bond donors (Lipinski definition) is 1. The van der Waals surface area contributed by atoms with Crippen LogP contribution in [0.25, 0.3) is 11.6 Å². The molecule has 1 aromatic heterocycles. The van der Waals surface area contributed by atoms with Crippen LogP contribution in [-0.2, 0) is 4.79 Å². The average molecular weight is 211 g/mol. The quantitative estimate of drug-likeness (QED) is 0.737. The van der Waals surface area contributed by atoms with Crippen LogP contribution in [0.5, 0.6) is 0 Å². The van der Waals surface area contributed by atoms with Gasteiger partial charge in [0.2, 0.25) is 0 Å². The molecule has 78 valence electrons. The summed E-state index contributed by atoms with van der Waals surface area (Å²) in [4.78, 5) is 11.7. The van der Waals surface area contributed by atoms with Gasteiger partial charge in [-0.1, -0.05) is 18.2 Å². The topological polar surface area (TPSA) is 42.2 Å². The van der Waals surface area contributed by atoms with E-state index in [0.29, 0.717) is 5.57 Å². The van der Waals surface area contributed by atoms with Gasteiger partial charge in [-0.2, -0.15) is 0 Å². The third-order valence-corrected chi connectivity index (χ3v) is 2.56. The summed E-state index contributed by atoms with van der Waals surface area (Å²) in [5.74, 6) is -0.0672. The number of benzene rings is 1. The number of rotatable bonds is 1. The van der Waals surface area contributed by atoms with Gasteiger partial charge >= 0.3 is 0 Å². The highest BCUT2D eigenvalue weighted by molar-refractivity contribution is 6.34. The molecule has 0 saturated carbocycles. The van der Waals surface area contributed by atoms with Crippen LogP contribution in [0.3, 0.4) is 0 Å². The lowest BCUT2D eigenvalue weighted by Crippen LogP contribution is -2.03. The summed E-state index contributed by atoms with van der Waals surface area (Å²) in [6.45, 7) is 0. The Morgan fingerprint density at radius 2 is 2.06 bits per heavy atom. The summed E-state index contributed by atoms with van der Waals surface area (Å²) in [6.07, 6.45) is 5.02. The molecule has 3 nitrogen and oxygen atoms in total. The summed E-state index contributed by atoms with van der Waals surface area (Å²) in [6, 6.07) is 9.46. The zero-order valence-electron chi connectivity index (χ0n) is 8.44. The summed E-state index contributed by atoms with van der Waals surface area (Å²) < 4.78 is 4.97. The highest BCUT2D eigenvalue weighted by Gasteiger charge is 2.23. The lowest BCUT2D eigenvalue weighted by Gasteiger charge is -1.95. The van der Waals surface area contributed by atoms with Crippen molar-refractivity contribution in [2.45, 2.75) is 0 Å². The Balaban J connectivity index is 2.12. The highest BCUT2D eigenvalue weighted by atomic mass is 16.3. The first-order valence-electron chi connectivity index (χ1n) is 4.99. The molecule has 0 spiro atoms. The lowest BCUT2D eigenvalue weighted by molar-refractivity contribution is -0.110. The normalized spacial score (nSPS) is 16.2. The number of fused-ring (bicyclic) bond motifs is 1. The predicted octanol–water partition coefficient (Wildman–Crippen LogP) is 2.77. The number of hydrogen-bond acceptors (Lipinski definition) is 2. The minimum absolute atomic E-state index is 0.0672. The Bertz CT molecular complexity index is 567. The molecule has 0 aliphatic carbocycles. The van der Waals surface area contributed by atoms with E-state index in [1.165, 1.54) is 0 Å². The molecular formula is C13H9NO2. The van der Waals surface area contributed by atoms with Crippen LogP contribution in [0.2, 0.25) is 0 Å². The first-order chi connectivity index (χ1) is 7.84. The van der Waals surface area contributed by atoms with Gasteiger partial charge in [0.15, 0.2) is 0 Å². The van der Waals surface area contributed by atoms with Crippen molar-refractivity contribution in [3.05, 3.63) is 54.0 Å². The van der Waals surface area contributed by atoms with Gasteiger partial charge in [0, 0.05) is 22.4 Å². The van der Waals surface area contributed by atoms with Crippen LogP contribution >= 0.6 is 0 Å². The van der Waals surface area contributed by atoms with Crippen LogP contribution in [0, 0.1) is 0 Å². The second kappa shape index (κ2) is 3.38. The van der Waals surface area contributed by atoms with E-state index in [0.717, 1.165) is 16.8 Å². The van der Waals surface area contributed by atoms with Gasteiger partial charge in [-0.3, -0.25) is 4.79 Å². The minimum atomic E-state index is -0.0672. The first kappa shape index (κ1) is 8.97. The molecule has 16 heavy (non-hydrogen) atoms. The Kier molecular flexibility index (Phi) is 1.90. The van der Waals surface area contributed by atoms with E-state index in [1.807, 2.05) is 36.4 Å². The van der Waals surface area contributed by atoms with Crippen molar-refractivity contribution < 1.29 is 9.21 Å². The van der Waals surface area contributed by atoms with Gasteiger partial charge in [0.25, 0.3) is 5.91 Å². The Hall–Kier alpha value is -2.29. The van der Waals surface area contributed by atoms with E-state index in [2.05, 4.69) is 5.32 Å². The van der Waals surface area contributed by atoms with Crippen LogP contribution in [0.15, 0.2) is 47.3 Å². The Morgan fingerprint density at radius 3 is 2.88 bits per heavy atom. The fraction of sp³-hybridized carbons (Fsp3) is 0. The lowest BCUT2D eigenvalue weighted by atomic mass is 10.1. The van der Waals surface area contributed by atoms with Crippen molar-refractivity contribution in [2.75, 3.05) is 5.32 Å². The zero-order valence-corrected chi connectivity index (χ0v) is 8.44. The number of nitrogens with one attached hydrogen (secondary N) is 1. The zero-order chi connectivity index (χ0) is 11.0. The van der Waals surface area contributed by atoms with Crippen molar-refractivity contribution in [2.24, 2.45) is 0 Å². The van der Waals surface area contributed by atoms with E-state index >= 15 is 0 Å². The summed E-state index contributed by atoms with van der Waals surface area (Å²) in [7, 11) is 0. The van der Waals surface area contributed by atoms with Gasteiger partial charge in [0.05, 0.1) is 12.5 Å². The fourth-order valence-corrected chi connectivity index (χ4v) is 1.81. The maximum absolute atomic E-state index is 11.7. The molecule has 0 bridgehead atoms. The Morgan fingerprint density at radius 1 is 1.19 bits per heavy atom. The molecule has 2 aromatic rings. The molecule has 3 rings (SSSR count). The third-order valence-electron chi connectivity index (χ3n) is 2.56. The second-order valence-corrected chi connectivity index (χ2v) is 3.61. The second-order valence-electron chi connectivity index (χ2n) is 3.61. The van der Waals surface area contributed by atoms with Crippen LogP contribution in [-0.4, -0.2) is 5.91 Å². The molecule has 2 heterocycles. The van der Waals surface area contributed by atoms with Gasteiger partial charge in [-0.05, 0) is 18.2 Å². The van der Waals surface area contributed by atoms with E-state index < -0.39 is 0 Å². The molecule has 1 N–H and O–H groups in total. The van der Waals surface area contributed by atoms with E-state index in [4.69, 9.17) is 4.42 Å². The molecule has 0 atom stereocenters. The highest BCUT2D eigenvalue weighted by Crippen LogP contribution is 2.32. The van der Waals surface area contributed by atoms with Crippen LogP contribution < -0.4 is 5.32 Å².